The second-order valence-corrected chi connectivity index (χ2v) is 5.09. The summed E-state index contributed by atoms with van der Waals surface area (Å²) < 4.78 is 11.1. The molecule has 0 fully saturated rings. The zero-order chi connectivity index (χ0) is 13.0. The molecule has 18 heavy (non-hydrogen) atoms. The van der Waals surface area contributed by atoms with Crippen molar-refractivity contribution in [3.05, 3.63) is 17.6 Å². The van der Waals surface area contributed by atoms with E-state index in [1.807, 2.05) is 13.8 Å². The fourth-order valence-electron chi connectivity index (χ4n) is 1.86. The van der Waals surface area contributed by atoms with Crippen molar-refractivity contribution in [1.29, 1.82) is 0 Å². The third kappa shape index (κ3) is 3.17. The zero-order valence-electron chi connectivity index (χ0n) is 11.3. The minimum absolute atomic E-state index is 0.161. The van der Waals surface area contributed by atoms with Gasteiger partial charge in [0.1, 0.15) is 6.33 Å². The molecule has 1 aliphatic heterocycles. The molecule has 1 aliphatic rings. The number of methoxy groups -OCH3 is 1. The van der Waals surface area contributed by atoms with Gasteiger partial charge in [0.25, 0.3) is 0 Å². The zero-order valence-corrected chi connectivity index (χ0v) is 11.3. The Bertz CT molecular complexity index is 407. The van der Waals surface area contributed by atoms with Crippen molar-refractivity contribution in [3.8, 4) is 5.88 Å². The van der Waals surface area contributed by atoms with Crippen LogP contribution in [0.3, 0.4) is 0 Å². The molecular weight excluding hydrogens is 230 g/mol. The lowest BCUT2D eigenvalue weighted by Gasteiger charge is -2.23. The average Bonchev–Trinajstić information content (AvgIpc) is 2.39. The maximum atomic E-state index is 5.77. The number of nitrogens with zero attached hydrogens (tertiary/aromatic N) is 2. The van der Waals surface area contributed by atoms with Crippen molar-refractivity contribution in [1.82, 2.24) is 15.3 Å². The number of ether oxygens (including phenoxy) is 2. The molecule has 2 heterocycles. The Hall–Kier alpha value is -1.20. The fourth-order valence-corrected chi connectivity index (χ4v) is 1.86. The van der Waals surface area contributed by atoms with Crippen LogP contribution in [0.15, 0.2) is 6.33 Å². The predicted octanol–water partition coefficient (Wildman–Crippen LogP) is 1.32. The van der Waals surface area contributed by atoms with Gasteiger partial charge in [0.15, 0.2) is 0 Å². The summed E-state index contributed by atoms with van der Waals surface area (Å²) in [4.78, 5) is 8.52. The number of hydrogen-bond acceptors (Lipinski definition) is 5. The van der Waals surface area contributed by atoms with Crippen LogP contribution < -0.4 is 10.1 Å². The largest absolute Gasteiger partial charge is 0.477 e. The minimum Gasteiger partial charge on any atom is -0.477 e. The number of hydrogen-bond donors (Lipinski definition) is 1. The van der Waals surface area contributed by atoms with Crippen LogP contribution in [0.5, 0.6) is 5.88 Å². The molecule has 0 saturated heterocycles. The van der Waals surface area contributed by atoms with Gasteiger partial charge >= 0.3 is 0 Å². The molecule has 1 aromatic rings. The molecule has 5 nitrogen and oxygen atoms in total. The van der Waals surface area contributed by atoms with Crippen molar-refractivity contribution in [2.45, 2.75) is 38.8 Å². The Morgan fingerprint density at radius 3 is 3.00 bits per heavy atom. The summed E-state index contributed by atoms with van der Waals surface area (Å²) in [5.74, 6) is 0.708. The molecule has 0 amide bonds. The summed E-state index contributed by atoms with van der Waals surface area (Å²) in [5, 5.41) is 3.31. The molecule has 0 atom stereocenters. The maximum Gasteiger partial charge on any atom is 0.221 e. The fraction of sp³-hybridized carbons (Fsp3) is 0.692. The predicted molar refractivity (Wildman–Crippen MR) is 68.6 cm³/mol. The monoisotopic (exact) mass is 251 g/mol. The number of nitrogens with one attached hydrogen (secondary N) is 1. The Labute approximate surface area is 108 Å². The van der Waals surface area contributed by atoms with Crippen LogP contribution in [0.4, 0.5) is 0 Å². The number of aromatic nitrogens is 2. The van der Waals surface area contributed by atoms with Crippen LogP contribution in [0, 0.1) is 0 Å². The normalized spacial score (nSPS) is 15.3. The van der Waals surface area contributed by atoms with Crippen molar-refractivity contribution in [2.24, 2.45) is 0 Å². The van der Waals surface area contributed by atoms with E-state index >= 15 is 0 Å². The third-order valence-corrected chi connectivity index (χ3v) is 3.33. The van der Waals surface area contributed by atoms with E-state index in [1.54, 1.807) is 13.4 Å². The summed E-state index contributed by atoms with van der Waals surface area (Å²) in [5.41, 5.74) is 2.04. The molecule has 0 bridgehead atoms. The molecule has 0 aromatic carbocycles. The molecule has 5 heteroatoms. The summed E-state index contributed by atoms with van der Waals surface area (Å²) in [6, 6.07) is 0. The summed E-state index contributed by atoms with van der Waals surface area (Å²) in [7, 11) is 1.72. The summed E-state index contributed by atoms with van der Waals surface area (Å²) in [6.07, 6.45) is 3.36. The smallest absolute Gasteiger partial charge is 0.221 e. The maximum absolute atomic E-state index is 5.77. The van der Waals surface area contributed by atoms with Gasteiger partial charge in [0.05, 0.1) is 17.9 Å². The molecule has 1 N–H and O–H groups in total. The summed E-state index contributed by atoms with van der Waals surface area (Å²) >= 11 is 0. The SMILES string of the molecule is COC(C)(C)CCOc1ncnc2c1CNCC2. The van der Waals surface area contributed by atoms with Gasteiger partial charge in [-0.1, -0.05) is 0 Å². The van der Waals surface area contributed by atoms with Gasteiger partial charge in [-0.3, -0.25) is 0 Å². The highest BCUT2D eigenvalue weighted by Crippen LogP contribution is 2.21. The van der Waals surface area contributed by atoms with E-state index in [1.165, 1.54) is 0 Å². The molecule has 0 saturated carbocycles. The van der Waals surface area contributed by atoms with Gasteiger partial charge in [-0.2, -0.15) is 0 Å². The molecule has 1 aromatic heterocycles. The first-order valence-electron chi connectivity index (χ1n) is 6.34. The van der Waals surface area contributed by atoms with E-state index in [2.05, 4.69) is 15.3 Å². The average molecular weight is 251 g/mol. The second-order valence-electron chi connectivity index (χ2n) is 5.09. The van der Waals surface area contributed by atoms with Gasteiger partial charge < -0.3 is 14.8 Å². The first kappa shape index (κ1) is 13.2. The van der Waals surface area contributed by atoms with Gasteiger partial charge in [-0.15, -0.1) is 0 Å². The lowest BCUT2D eigenvalue weighted by Crippen LogP contribution is -2.27. The van der Waals surface area contributed by atoms with Crippen LogP contribution >= 0.6 is 0 Å². The van der Waals surface area contributed by atoms with Gasteiger partial charge in [0.2, 0.25) is 5.88 Å². The van der Waals surface area contributed by atoms with E-state index in [4.69, 9.17) is 9.47 Å². The molecule has 100 valence electrons. The Morgan fingerprint density at radius 2 is 2.22 bits per heavy atom. The van der Waals surface area contributed by atoms with Crippen LogP contribution in [0.25, 0.3) is 0 Å². The van der Waals surface area contributed by atoms with E-state index < -0.39 is 0 Å². The minimum atomic E-state index is -0.161. The van der Waals surface area contributed by atoms with Crippen molar-refractivity contribution >= 4 is 0 Å². The standard InChI is InChI=1S/C13H21N3O2/c1-13(2,17-3)5-7-18-12-10-8-14-6-4-11(10)15-9-16-12/h9,14H,4-8H2,1-3H3. The number of rotatable bonds is 5. The summed E-state index contributed by atoms with van der Waals surface area (Å²) in [6.45, 7) is 6.46. The molecule has 0 spiro atoms. The highest BCUT2D eigenvalue weighted by Gasteiger charge is 2.19. The van der Waals surface area contributed by atoms with Gasteiger partial charge in [-0.25, -0.2) is 9.97 Å². The van der Waals surface area contributed by atoms with Gasteiger partial charge in [-0.05, 0) is 13.8 Å². The van der Waals surface area contributed by atoms with Crippen molar-refractivity contribution in [3.63, 3.8) is 0 Å². The van der Waals surface area contributed by atoms with E-state index in [0.717, 1.165) is 37.2 Å². The molecule has 0 radical (unpaired) electrons. The Kier molecular flexibility index (Phi) is 4.14. The third-order valence-electron chi connectivity index (χ3n) is 3.33. The van der Waals surface area contributed by atoms with Gasteiger partial charge in [0, 0.05) is 38.6 Å². The van der Waals surface area contributed by atoms with Crippen LogP contribution in [0.1, 0.15) is 31.5 Å². The topological polar surface area (TPSA) is 56.3 Å². The first-order valence-corrected chi connectivity index (χ1v) is 6.34. The molecule has 0 aliphatic carbocycles. The van der Waals surface area contributed by atoms with E-state index in [9.17, 15) is 0 Å². The Balaban J connectivity index is 1.97. The van der Waals surface area contributed by atoms with Crippen LogP contribution in [-0.4, -0.2) is 35.8 Å². The highest BCUT2D eigenvalue weighted by atomic mass is 16.5. The quantitative estimate of drug-likeness (QED) is 0.855. The second kappa shape index (κ2) is 5.63. The lowest BCUT2D eigenvalue weighted by molar-refractivity contribution is 0.00496. The van der Waals surface area contributed by atoms with E-state index in [-0.39, 0.29) is 5.60 Å². The highest BCUT2D eigenvalue weighted by molar-refractivity contribution is 5.31. The van der Waals surface area contributed by atoms with Crippen molar-refractivity contribution in [2.75, 3.05) is 20.3 Å². The van der Waals surface area contributed by atoms with Crippen LogP contribution in [0.2, 0.25) is 0 Å². The van der Waals surface area contributed by atoms with Crippen LogP contribution in [-0.2, 0) is 17.7 Å². The first-order chi connectivity index (χ1) is 8.62. The lowest BCUT2D eigenvalue weighted by atomic mass is 10.1. The molecule has 2 rings (SSSR count). The Morgan fingerprint density at radius 1 is 1.39 bits per heavy atom. The van der Waals surface area contributed by atoms with Crippen molar-refractivity contribution < 1.29 is 9.47 Å². The number of fused-ring (bicyclic) bond motifs is 1. The molecule has 0 unspecified atom stereocenters. The molecular formula is C13H21N3O2. The van der Waals surface area contributed by atoms with E-state index in [0.29, 0.717) is 12.5 Å².